The lowest BCUT2D eigenvalue weighted by molar-refractivity contribution is -0.384. The largest absolute Gasteiger partial charge is 0.494 e. The average molecular weight is 398 g/mol. The van der Waals surface area contributed by atoms with Crippen LogP contribution in [0.5, 0.6) is 5.75 Å². The quantitative estimate of drug-likeness (QED) is 0.505. The Labute approximate surface area is 155 Å². The van der Waals surface area contributed by atoms with Crippen LogP contribution in [0.15, 0.2) is 30.3 Å². The number of fused-ring (bicyclic) bond motifs is 1. The molecule has 0 saturated heterocycles. The van der Waals surface area contributed by atoms with E-state index in [1.807, 2.05) is 0 Å². The number of benzene rings is 2. The van der Waals surface area contributed by atoms with Gasteiger partial charge in [0.1, 0.15) is 5.52 Å². The molecule has 0 aliphatic carbocycles. The molecule has 1 amide bonds. The van der Waals surface area contributed by atoms with Gasteiger partial charge in [0, 0.05) is 6.07 Å². The Morgan fingerprint density at radius 3 is 2.80 bits per heavy atom. The van der Waals surface area contributed by atoms with Crippen LogP contribution >= 0.6 is 34.5 Å². The number of nitrogens with zero attached hydrogens (tertiary/aromatic N) is 2. The van der Waals surface area contributed by atoms with Crippen molar-refractivity contribution in [1.82, 2.24) is 4.98 Å². The molecule has 1 heterocycles. The van der Waals surface area contributed by atoms with Crippen molar-refractivity contribution in [2.75, 3.05) is 12.4 Å². The number of nitrogens with one attached hydrogen (secondary N) is 1. The zero-order valence-electron chi connectivity index (χ0n) is 12.6. The van der Waals surface area contributed by atoms with Gasteiger partial charge >= 0.3 is 0 Å². The third-order valence-corrected chi connectivity index (χ3v) is 5.03. The van der Waals surface area contributed by atoms with E-state index < -0.39 is 10.8 Å². The number of non-ortho nitro benzene ring substituents is 1. The van der Waals surface area contributed by atoms with Crippen molar-refractivity contribution in [1.29, 1.82) is 0 Å². The number of hydrogen-bond acceptors (Lipinski definition) is 6. The normalized spacial score (nSPS) is 10.7. The van der Waals surface area contributed by atoms with Crippen LogP contribution in [0.25, 0.3) is 10.2 Å². The van der Waals surface area contributed by atoms with Gasteiger partial charge in [-0.15, -0.1) is 0 Å². The summed E-state index contributed by atoms with van der Waals surface area (Å²) in [6.07, 6.45) is 0. The Kier molecular flexibility index (Phi) is 4.76. The molecule has 0 saturated carbocycles. The van der Waals surface area contributed by atoms with Crippen molar-refractivity contribution in [2.24, 2.45) is 0 Å². The first kappa shape index (κ1) is 17.4. The summed E-state index contributed by atoms with van der Waals surface area (Å²) in [4.78, 5) is 27.1. The summed E-state index contributed by atoms with van der Waals surface area (Å²) in [6, 6.07) is 7.36. The fourth-order valence-corrected chi connectivity index (χ4v) is 3.44. The molecule has 3 rings (SSSR count). The molecule has 0 unspecified atom stereocenters. The molecule has 1 N–H and O–H groups in total. The molecular weight excluding hydrogens is 389 g/mol. The third kappa shape index (κ3) is 3.37. The highest BCUT2D eigenvalue weighted by atomic mass is 35.5. The number of carbonyl (C=O) groups excluding carboxylic acids is 1. The predicted octanol–water partition coefficient (Wildman–Crippen LogP) is 4.77. The van der Waals surface area contributed by atoms with Crippen LogP contribution in [0.4, 0.5) is 10.8 Å². The van der Waals surface area contributed by atoms with Gasteiger partial charge in [-0.05, 0) is 12.1 Å². The second kappa shape index (κ2) is 6.83. The van der Waals surface area contributed by atoms with Crippen molar-refractivity contribution in [3.05, 3.63) is 56.1 Å². The standard InChI is InChI=1S/C15H9Cl2N3O4S/c1-24-10-5-7(20(22)23)6-11-13(10)18-15(25-11)19-14(21)8-3-2-4-9(16)12(8)17/h2-6H,1H3,(H,18,19,21). The predicted molar refractivity (Wildman–Crippen MR) is 97.2 cm³/mol. The number of ether oxygens (including phenoxy) is 1. The number of thiazole rings is 1. The molecule has 0 spiro atoms. The minimum atomic E-state index is -0.522. The van der Waals surface area contributed by atoms with Gasteiger partial charge in [-0.1, -0.05) is 40.6 Å². The summed E-state index contributed by atoms with van der Waals surface area (Å²) in [5.41, 5.74) is 0.501. The Hall–Kier alpha value is -2.42. The molecule has 2 aromatic carbocycles. The lowest BCUT2D eigenvalue weighted by Crippen LogP contribution is -2.12. The molecule has 0 bridgehead atoms. The monoisotopic (exact) mass is 397 g/mol. The third-order valence-electron chi connectivity index (χ3n) is 3.29. The van der Waals surface area contributed by atoms with E-state index in [0.717, 1.165) is 11.3 Å². The molecule has 25 heavy (non-hydrogen) atoms. The number of amides is 1. The highest BCUT2D eigenvalue weighted by Gasteiger charge is 2.19. The molecule has 0 aliphatic heterocycles. The maximum Gasteiger partial charge on any atom is 0.274 e. The fraction of sp³-hybridized carbons (Fsp3) is 0.0667. The van der Waals surface area contributed by atoms with Crippen LogP contribution in [-0.4, -0.2) is 22.9 Å². The van der Waals surface area contributed by atoms with Gasteiger partial charge in [0.05, 0.1) is 38.4 Å². The average Bonchev–Trinajstić information content (AvgIpc) is 2.98. The summed E-state index contributed by atoms with van der Waals surface area (Å²) in [5.74, 6) is -0.234. The van der Waals surface area contributed by atoms with Crippen LogP contribution in [0, 0.1) is 10.1 Å². The second-order valence-corrected chi connectivity index (χ2v) is 6.64. The number of nitro benzene ring substituents is 1. The number of hydrogen-bond donors (Lipinski definition) is 1. The van der Waals surface area contributed by atoms with Gasteiger partial charge in [0.15, 0.2) is 10.9 Å². The van der Waals surface area contributed by atoms with E-state index in [9.17, 15) is 14.9 Å². The van der Waals surface area contributed by atoms with Crippen molar-refractivity contribution in [3.63, 3.8) is 0 Å². The van der Waals surface area contributed by atoms with Crippen molar-refractivity contribution < 1.29 is 14.5 Å². The Balaban J connectivity index is 1.98. The van der Waals surface area contributed by atoms with E-state index >= 15 is 0 Å². The minimum Gasteiger partial charge on any atom is -0.494 e. The SMILES string of the molecule is COc1cc([N+](=O)[O-])cc2sc(NC(=O)c3cccc(Cl)c3Cl)nc12. The number of methoxy groups -OCH3 is 1. The van der Waals surface area contributed by atoms with E-state index in [1.54, 1.807) is 12.1 Å². The van der Waals surface area contributed by atoms with Crippen molar-refractivity contribution in [2.45, 2.75) is 0 Å². The topological polar surface area (TPSA) is 94.4 Å². The van der Waals surface area contributed by atoms with E-state index in [2.05, 4.69) is 10.3 Å². The van der Waals surface area contributed by atoms with Gasteiger partial charge in [-0.3, -0.25) is 20.2 Å². The van der Waals surface area contributed by atoms with Gasteiger partial charge in [-0.2, -0.15) is 0 Å². The Morgan fingerprint density at radius 2 is 2.12 bits per heavy atom. The number of aromatic nitrogens is 1. The molecule has 10 heteroatoms. The van der Waals surface area contributed by atoms with E-state index in [-0.39, 0.29) is 32.2 Å². The summed E-state index contributed by atoms with van der Waals surface area (Å²) >= 11 is 13.0. The summed E-state index contributed by atoms with van der Waals surface area (Å²) < 4.78 is 5.66. The lowest BCUT2D eigenvalue weighted by Gasteiger charge is -2.04. The summed E-state index contributed by atoms with van der Waals surface area (Å²) in [6.45, 7) is 0. The first-order valence-electron chi connectivity index (χ1n) is 6.79. The Bertz CT molecular complexity index is 1010. The summed E-state index contributed by atoms with van der Waals surface area (Å²) in [5, 5.41) is 14.3. The fourth-order valence-electron chi connectivity index (χ4n) is 2.14. The number of halogens is 2. The van der Waals surface area contributed by atoms with Gasteiger partial charge in [0.25, 0.3) is 11.6 Å². The molecular formula is C15H9Cl2N3O4S. The molecule has 0 aliphatic rings. The van der Waals surface area contributed by atoms with Gasteiger partial charge in [0.2, 0.25) is 0 Å². The zero-order valence-corrected chi connectivity index (χ0v) is 14.9. The van der Waals surface area contributed by atoms with Crippen LogP contribution in [-0.2, 0) is 0 Å². The minimum absolute atomic E-state index is 0.122. The zero-order chi connectivity index (χ0) is 18.1. The van der Waals surface area contributed by atoms with Crippen LogP contribution in [0.1, 0.15) is 10.4 Å². The number of carbonyl (C=O) groups is 1. The van der Waals surface area contributed by atoms with Crippen LogP contribution < -0.4 is 10.1 Å². The molecule has 0 atom stereocenters. The van der Waals surface area contributed by atoms with E-state index in [0.29, 0.717) is 10.2 Å². The number of anilines is 1. The maximum atomic E-state index is 12.4. The molecule has 0 fully saturated rings. The number of rotatable bonds is 4. The Morgan fingerprint density at radius 1 is 1.36 bits per heavy atom. The smallest absolute Gasteiger partial charge is 0.274 e. The molecule has 0 radical (unpaired) electrons. The molecule has 7 nitrogen and oxygen atoms in total. The van der Waals surface area contributed by atoms with Crippen LogP contribution in [0.2, 0.25) is 10.0 Å². The molecule has 128 valence electrons. The lowest BCUT2D eigenvalue weighted by atomic mass is 10.2. The first-order valence-corrected chi connectivity index (χ1v) is 8.36. The first-order chi connectivity index (χ1) is 11.9. The second-order valence-electron chi connectivity index (χ2n) is 4.83. The van der Waals surface area contributed by atoms with E-state index in [4.69, 9.17) is 27.9 Å². The van der Waals surface area contributed by atoms with Crippen molar-refractivity contribution >= 4 is 61.5 Å². The van der Waals surface area contributed by atoms with Crippen LogP contribution in [0.3, 0.4) is 0 Å². The maximum absolute atomic E-state index is 12.4. The number of nitro groups is 1. The highest BCUT2D eigenvalue weighted by Crippen LogP contribution is 2.36. The van der Waals surface area contributed by atoms with Crippen molar-refractivity contribution in [3.8, 4) is 5.75 Å². The molecule has 3 aromatic rings. The van der Waals surface area contributed by atoms with E-state index in [1.165, 1.54) is 25.3 Å². The van der Waals surface area contributed by atoms with Gasteiger partial charge in [-0.25, -0.2) is 4.98 Å². The van der Waals surface area contributed by atoms with Gasteiger partial charge < -0.3 is 4.74 Å². The summed E-state index contributed by atoms with van der Waals surface area (Å²) in [7, 11) is 1.39. The highest BCUT2D eigenvalue weighted by molar-refractivity contribution is 7.22. The molecule has 1 aromatic heterocycles.